The molecule has 2 aromatic rings. The quantitative estimate of drug-likeness (QED) is 0.716. The van der Waals surface area contributed by atoms with E-state index < -0.39 is 0 Å². The van der Waals surface area contributed by atoms with Crippen molar-refractivity contribution in [3.63, 3.8) is 0 Å². The van der Waals surface area contributed by atoms with Crippen molar-refractivity contribution < 1.29 is 19.1 Å². The highest BCUT2D eigenvalue weighted by Crippen LogP contribution is 2.34. The zero-order valence-corrected chi connectivity index (χ0v) is 15.9. The average molecular weight is 386 g/mol. The molecule has 1 aliphatic heterocycles. The SMILES string of the molecule is CCNC(=O)c1cccc(CNC(=O)CSc2ccc3c(c2)OCCO3)c1. The third-order valence-corrected chi connectivity index (χ3v) is 4.89. The maximum absolute atomic E-state index is 12.1. The predicted octanol–water partition coefficient (Wildman–Crippen LogP) is 2.62. The van der Waals surface area contributed by atoms with Crippen molar-refractivity contribution in [1.82, 2.24) is 10.6 Å². The van der Waals surface area contributed by atoms with Gasteiger partial charge >= 0.3 is 0 Å². The largest absolute Gasteiger partial charge is 0.486 e. The number of benzene rings is 2. The topological polar surface area (TPSA) is 76.7 Å². The second-order valence-electron chi connectivity index (χ2n) is 5.93. The van der Waals surface area contributed by atoms with E-state index in [1.807, 2.05) is 37.3 Å². The molecule has 2 aromatic carbocycles. The van der Waals surface area contributed by atoms with Gasteiger partial charge in [0.05, 0.1) is 5.75 Å². The number of rotatable bonds is 7. The predicted molar refractivity (Wildman–Crippen MR) is 104 cm³/mol. The molecule has 0 radical (unpaired) electrons. The van der Waals surface area contributed by atoms with Crippen LogP contribution in [0.3, 0.4) is 0 Å². The molecule has 0 atom stereocenters. The summed E-state index contributed by atoms with van der Waals surface area (Å²) in [6.07, 6.45) is 0. The van der Waals surface area contributed by atoms with Crippen LogP contribution in [0.5, 0.6) is 11.5 Å². The number of nitrogens with one attached hydrogen (secondary N) is 2. The second kappa shape index (κ2) is 9.32. The van der Waals surface area contributed by atoms with E-state index >= 15 is 0 Å². The minimum Gasteiger partial charge on any atom is -0.486 e. The molecule has 1 aliphatic rings. The molecule has 0 aromatic heterocycles. The third-order valence-electron chi connectivity index (χ3n) is 3.90. The lowest BCUT2D eigenvalue weighted by Crippen LogP contribution is -2.25. The van der Waals surface area contributed by atoms with Crippen LogP contribution >= 0.6 is 11.8 Å². The molecule has 0 spiro atoms. The number of hydrogen-bond donors (Lipinski definition) is 2. The Kier molecular flexibility index (Phi) is 6.59. The van der Waals surface area contributed by atoms with E-state index in [9.17, 15) is 9.59 Å². The second-order valence-corrected chi connectivity index (χ2v) is 6.98. The Bertz CT molecular complexity index is 825. The van der Waals surface area contributed by atoms with Crippen LogP contribution in [-0.4, -0.2) is 37.3 Å². The van der Waals surface area contributed by atoms with E-state index in [2.05, 4.69) is 10.6 Å². The monoisotopic (exact) mass is 386 g/mol. The Hall–Kier alpha value is -2.67. The summed E-state index contributed by atoms with van der Waals surface area (Å²) in [7, 11) is 0. The maximum atomic E-state index is 12.1. The molecule has 2 N–H and O–H groups in total. The van der Waals surface area contributed by atoms with Crippen LogP contribution in [0.25, 0.3) is 0 Å². The van der Waals surface area contributed by atoms with Gasteiger partial charge in [-0.25, -0.2) is 0 Å². The number of carbonyl (C=O) groups excluding carboxylic acids is 2. The van der Waals surface area contributed by atoms with Crippen molar-refractivity contribution in [3.8, 4) is 11.5 Å². The molecule has 0 aliphatic carbocycles. The van der Waals surface area contributed by atoms with E-state index in [1.165, 1.54) is 11.8 Å². The average Bonchev–Trinajstić information content (AvgIpc) is 2.71. The standard InChI is InChI=1S/C20H22N2O4S/c1-2-21-20(24)15-5-3-4-14(10-15)12-22-19(23)13-27-16-6-7-17-18(11-16)26-9-8-25-17/h3-7,10-11H,2,8-9,12-13H2,1H3,(H,21,24)(H,22,23). The van der Waals surface area contributed by atoms with Crippen molar-refractivity contribution in [2.24, 2.45) is 0 Å². The molecule has 0 saturated carbocycles. The van der Waals surface area contributed by atoms with Crippen LogP contribution < -0.4 is 20.1 Å². The Morgan fingerprint density at radius 2 is 1.85 bits per heavy atom. The van der Waals surface area contributed by atoms with Crippen LogP contribution in [0, 0.1) is 0 Å². The Morgan fingerprint density at radius 3 is 2.67 bits per heavy atom. The van der Waals surface area contributed by atoms with Gasteiger partial charge in [-0.2, -0.15) is 0 Å². The highest BCUT2D eigenvalue weighted by molar-refractivity contribution is 8.00. The lowest BCUT2D eigenvalue weighted by Gasteiger charge is -2.18. The van der Waals surface area contributed by atoms with E-state index in [4.69, 9.17) is 9.47 Å². The first-order chi connectivity index (χ1) is 13.2. The zero-order chi connectivity index (χ0) is 19.1. The van der Waals surface area contributed by atoms with Crippen molar-refractivity contribution in [2.75, 3.05) is 25.5 Å². The van der Waals surface area contributed by atoms with Crippen molar-refractivity contribution in [1.29, 1.82) is 0 Å². The summed E-state index contributed by atoms with van der Waals surface area (Å²) in [5.74, 6) is 1.57. The summed E-state index contributed by atoms with van der Waals surface area (Å²) in [4.78, 5) is 25.0. The van der Waals surface area contributed by atoms with Gasteiger partial charge in [0.25, 0.3) is 5.91 Å². The van der Waals surface area contributed by atoms with Crippen LogP contribution in [0.2, 0.25) is 0 Å². The minimum atomic E-state index is -0.111. The van der Waals surface area contributed by atoms with Crippen LogP contribution in [-0.2, 0) is 11.3 Å². The van der Waals surface area contributed by atoms with Crippen LogP contribution in [0.1, 0.15) is 22.8 Å². The third kappa shape index (κ3) is 5.40. The lowest BCUT2D eigenvalue weighted by atomic mass is 10.1. The maximum Gasteiger partial charge on any atom is 0.251 e. The Morgan fingerprint density at radius 1 is 1.04 bits per heavy atom. The molecule has 142 valence electrons. The molecule has 0 unspecified atom stereocenters. The number of thioether (sulfide) groups is 1. The Balaban J connectivity index is 1.49. The molecular weight excluding hydrogens is 364 g/mol. The first-order valence-corrected chi connectivity index (χ1v) is 9.80. The van der Waals surface area contributed by atoms with Gasteiger partial charge in [-0.15, -0.1) is 11.8 Å². The fraction of sp³-hybridized carbons (Fsp3) is 0.300. The van der Waals surface area contributed by atoms with E-state index in [-0.39, 0.29) is 11.8 Å². The van der Waals surface area contributed by atoms with E-state index in [0.717, 1.165) is 16.2 Å². The molecule has 7 heteroatoms. The molecule has 0 saturated heterocycles. The summed E-state index contributed by atoms with van der Waals surface area (Å²) in [5, 5.41) is 5.65. The summed E-state index contributed by atoms with van der Waals surface area (Å²) in [6.45, 7) is 3.94. The molecule has 0 bridgehead atoms. The normalized spacial score (nSPS) is 12.3. The molecule has 6 nitrogen and oxygen atoms in total. The summed E-state index contributed by atoms with van der Waals surface area (Å²) < 4.78 is 11.0. The summed E-state index contributed by atoms with van der Waals surface area (Å²) in [6, 6.07) is 12.9. The number of hydrogen-bond acceptors (Lipinski definition) is 5. The minimum absolute atomic E-state index is 0.0710. The smallest absolute Gasteiger partial charge is 0.251 e. The molecule has 0 fully saturated rings. The molecule has 27 heavy (non-hydrogen) atoms. The number of carbonyl (C=O) groups is 2. The molecular formula is C20H22N2O4S. The van der Waals surface area contributed by atoms with Crippen molar-refractivity contribution in [2.45, 2.75) is 18.4 Å². The van der Waals surface area contributed by atoms with Gasteiger partial charge in [0.1, 0.15) is 13.2 Å². The fourth-order valence-electron chi connectivity index (χ4n) is 2.60. The van der Waals surface area contributed by atoms with Crippen LogP contribution in [0.4, 0.5) is 0 Å². The summed E-state index contributed by atoms with van der Waals surface area (Å²) in [5.41, 5.74) is 1.48. The van der Waals surface area contributed by atoms with Gasteiger partial charge in [0, 0.05) is 23.5 Å². The van der Waals surface area contributed by atoms with E-state index in [1.54, 1.807) is 12.1 Å². The van der Waals surface area contributed by atoms with Crippen molar-refractivity contribution in [3.05, 3.63) is 53.6 Å². The molecule has 2 amide bonds. The van der Waals surface area contributed by atoms with Gasteiger partial charge in [0.2, 0.25) is 5.91 Å². The highest BCUT2D eigenvalue weighted by Gasteiger charge is 2.12. The van der Waals surface area contributed by atoms with Gasteiger partial charge in [0.15, 0.2) is 11.5 Å². The van der Waals surface area contributed by atoms with Crippen molar-refractivity contribution >= 4 is 23.6 Å². The zero-order valence-electron chi connectivity index (χ0n) is 15.1. The number of fused-ring (bicyclic) bond motifs is 1. The van der Waals surface area contributed by atoms with Gasteiger partial charge < -0.3 is 20.1 Å². The van der Waals surface area contributed by atoms with Gasteiger partial charge in [-0.05, 0) is 42.8 Å². The number of amides is 2. The van der Waals surface area contributed by atoms with Crippen LogP contribution in [0.15, 0.2) is 47.4 Å². The van der Waals surface area contributed by atoms with Gasteiger partial charge in [-0.1, -0.05) is 12.1 Å². The number of ether oxygens (including phenoxy) is 2. The first kappa shape index (κ1) is 19.1. The fourth-order valence-corrected chi connectivity index (χ4v) is 3.35. The summed E-state index contributed by atoms with van der Waals surface area (Å²) >= 11 is 1.44. The molecule has 1 heterocycles. The lowest BCUT2D eigenvalue weighted by molar-refractivity contribution is -0.118. The Labute approximate surface area is 162 Å². The van der Waals surface area contributed by atoms with Gasteiger partial charge in [-0.3, -0.25) is 9.59 Å². The first-order valence-electron chi connectivity index (χ1n) is 8.82. The van der Waals surface area contributed by atoms with E-state index in [0.29, 0.717) is 43.4 Å². The molecule has 3 rings (SSSR count). The highest BCUT2D eigenvalue weighted by atomic mass is 32.2.